The fourth-order valence-corrected chi connectivity index (χ4v) is 1.59. The number of ether oxygens (including phenoxy) is 2. The van der Waals surface area contributed by atoms with E-state index >= 15 is 0 Å². The molecule has 0 bridgehead atoms. The second kappa shape index (κ2) is 5.21. The standard InChI is InChI=1S/C16H25O2/c1-8-12-9-10-13(17-15(2,3)4)11-14(12)18-16(5,6)7/h8-11H,1-7H3. The molecule has 2 nitrogen and oxygen atoms in total. The topological polar surface area (TPSA) is 18.5 Å². The summed E-state index contributed by atoms with van der Waals surface area (Å²) < 4.78 is 11.8. The average Bonchev–Trinajstić information content (AvgIpc) is 2.12. The van der Waals surface area contributed by atoms with Gasteiger partial charge in [-0.3, -0.25) is 0 Å². The molecule has 1 aromatic carbocycles. The Bertz CT molecular complexity index is 395. The Morgan fingerprint density at radius 3 is 1.89 bits per heavy atom. The van der Waals surface area contributed by atoms with Crippen LogP contribution in [0.25, 0.3) is 0 Å². The van der Waals surface area contributed by atoms with Crippen molar-refractivity contribution in [1.82, 2.24) is 0 Å². The Kier molecular flexibility index (Phi) is 4.31. The van der Waals surface area contributed by atoms with Gasteiger partial charge in [0.05, 0.1) is 0 Å². The first-order chi connectivity index (χ1) is 8.11. The molecule has 0 aliphatic rings. The number of hydrogen-bond donors (Lipinski definition) is 0. The van der Waals surface area contributed by atoms with Crippen LogP contribution in [0.15, 0.2) is 18.2 Å². The van der Waals surface area contributed by atoms with Gasteiger partial charge >= 0.3 is 0 Å². The van der Waals surface area contributed by atoms with Crippen molar-refractivity contribution in [3.8, 4) is 11.5 Å². The van der Waals surface area contributed by atoms with E-state index in [0.717, 1.165) is 17.1 Å². The van der Waals surface area contributed by atoms with Crippen LogP contribution in [0.3, 0.4) is 0 Å². The van der Waals surface area contributed by atoms with E-state index in [4.69, 9.17) is 9.47 Å². The predicted molar refractivity (Wildman–Crippen MR) is 76.3 cm³/mol. The first-order valence-corrected chi connectivity index (χ1v) is 6.42. The smallest absolute Gasteiger partial charge is 0.127 e. The van der Waals surface area contributed by atoms with Gasteiger partial charge in [-0.2, -0.15) is 0 Å². The molecule has 0 saturated heterocycles. The van der Waals surface area contributed by atoms with Crippen molar-refractivity contribution in [3.05, 3.63) is 30.2 Å². The zero-order valence-electron chi connectivity index (χ0n) is 12.6. The lowest BCUT2D eigenvalue weighted by molar-refractivity contribution is 0.120. The van der Waals surface area contributed by atoms with Gasteiger partial charge in [-0.1, -0.05) is 13.0 Å². The van der Waals surface area contributed by atoms with Crippen LogP contribution in [-0.2, 0) is 0 Å². The summed E-state index contributed by atoms with van der Waals surface area (Å²) >= 11 is 0. The van der Waals surface area contributed by atoms with E-state index in [1.165, 1.54) is 0 Å². The molecule has 0 saturated carbocycles. The summed E-state index contributed by atoms with van der Waals surface area (Å²) in [5, 5.41) is 0. The van der Waals surface area contributed by atoms with Gasteiger partial charge in [-0.25, -0.2) is 0 Å². The zero-order chi connectivity index (χ0) is 14.0. The maximum Gasteiger partial charge on any atom is 0.127 e. The molecule has 1 radical (unpaired) electrons. The quantitative estimate of drug-likeness (QED) is 0.778. The molecule has 1 aromatic rings. The maximum atomic E-state index is 5.97. The van der Waals surface area contributed by atoms with Gasteiger partial charge in [0.2, 0.25) is 0 Å². The van der Waals surface area contributed by atoms with Gasteiger partial charge in [0.25, 0.3) is 0 Å². The van der Waals surface area contributed by atoms with Gasteiger partial charge in [-0.05, 0) is 59.6 Å². The fraction of sp³-hybridized carbons (Fsp3) is 0.562. The third kappa shape index (κ3) is 4.99. The van der Waals surface area contributed by atoms with Crippen molar-refractivity contribution in [1.29, 1.82) is 0 Å². The molecule has 0 N–H and O–H groups in total. The molecule has 0 aliphatic heterocycles. The first-order valence-electron chi connectivity index (χ1n) is 6.42. The summed E-state index contributed by atoms with van der Waals surface area (Å²) in [6, 6.07) is 5.98. The minimum atomic E-state index is -0.210. The minimum Gasteiger partial charge on any atom is -0.488 e. The molecule has 0 aromatic heterocycles. The lowest BCUT2D eigenvalue weighted by Gasteiger charge is -2.25. The summed E-state index contributed by atoms with van der Waals surface area (Å²) in [7, 11) is 0. The van der Waals surface area contributed by atoms with Crippen LogP contribution in [0.5, 0.6) is 11.5 Å². The Morgan fingerprint density at radius 2 is 1.44 bits per heavy atom. The highest BCUT2D eigenvalue weighted by molar-refractivity contribution is 5.44. The monoisotopic (exact) mass is 249 g/mol. The highest BCUT2D eigenvalue weighted by atomic mass is 16.5. The highest BCUT2D eigenvalue weighted by Gasteiger charge is 2.17. The largest absolute Gasteiger partial charge is 0.488 e. The van der Waals surface area contributed by atoms with Crippen LogP contribution >= 0.6 is 0 Å². The molecule has 0 amide bonds. The van der Waals surface area contributed by atoms with Gasteiger partial charge in [-0.15, -0.1) is 0 Å². The summed E-state index contributed by atoms with van der Waals surface area (Å²) in [5.74, 6) is 1.71. The Morgan fingerprint density at radius 1 is 0.889 bits per heavy atom. The molecule has 0 aliphatic carbocycles. The number of rotatable bonds is 3. The fourth-order valence-electron chi connectivity index (χ4n) is 1.59. The van der Waals surface area contributed by atoms with Crippen molar-refractivity contribution in [2.75, 3.05) is 0 Å². The Labute approximate surface area is 111 Å². The lowest BCUT2D eigenvalue weighted by atomic mass is 10.1. The first kappa shape index (κ1) is 14.9. The zero-order valence-corrected chi connectivity index (χ0v) is 12.6. The van der Waals surface area contributed by atoms with Crippen LogP contribution in [0.2, 0.25) is 0 Å². The van der Waals surface area contributed by atoms with Crippen molar-refractivity contribution in [3.63, 3.8) is 0 Å². The molecule has 2 heteroatoms. The average molecular weight is 249 g/mol. The highest BCUT2D eigenvalue weighted by Crippen LogP contribution is 2.30. The molecule has 0 fully saturated rings. The molecule has 0 atom stereocenters. The maximum absolute atomic E-state index is 5.97. The number of benzene rings is 1. The van der Waals surface area contributed by atoms with E-state index in [2.05, 4.69) is 0 Å². The summed E-state index contributed by atoms with van der Waals surface area (Å²) in [4.78, 5) is 0. The van der Waals surface area contributed by atoms with Crippen LogP contribution in [0.1, 0.15) is 54.0 Å². The predicted octanol–water partition coefficient (Wildman–Crippen LogP) is 4.61. The molecular formula is C16H25O2. The van der Waals surface area contributed by atoms with Gasteiger partial charge in [0.1, 0.15) is 22.7 Å². The van der Waals surface area contributed by atoms with E-state index in [1.54, 1.807) is 0 Å². The third-order valence-corrected chi connectivity index (χ3v) is 2.14. The van der Waals surface area contributed by atoms with E-state index in [-0.39, 0.29) is 11.2 Å². The van der Waals surface area contributed by atoms with Gasteiger partial charge in [0, 0.05) is 6.07 Å². The second-order valence-electron chi connectivity index (χ2n) is 6.42. The molecule has 0 heterocycles. The normalized spacial score (nSPS) is 12.4. The van der Waals surface area contributed by atoms with Crippen LogP contribution in [0, 0.1) is 6.42 Å². The van der Waals surface area contributed by atoms with Crippen molar-refractivity contribution in [2.24, 2.45) is 0 Å². The van der Waals surface area contributed by atoms with Crippen LogP contribution in [-0.4, -0.2) is 11.2 Å². The number of hydrogen-bond acceptors (Lipinski definition) is 2. The third-order valence-electron chi connectivity index (χ3n) is 2.14. The van der Waals surface area contributed by atoms with E-state index in [1.807, 2.05) is 73.1 Å². The molecular weight excluding hydrogens is 224 g/mol. The summed E-state index contributed by atoms with van der Waals surface area (Å²) in [5.41, 5.74) is 0.681. The minimum absolute atomic E-state index is 0.198. The van der Waals surface area contributed by atoms with Crippen LogP contribution < -0.4 is 9.47 Å². The van der Waals surface area contributed by atoms with Crippen molar-refractivity contribution >= 4 is 0 Å². The van der Waals surface area contributed by atoms with E-state index < -0.39 is 0 Å². The van der Waals surface area contributed by atoms with Crippen molar-refractivity contribution < 1.29 is 9.47 Å². The Hall–Kier alpha value is -1.18. The van der Waals surface area contributed by atoms with Crippen molar-refractivity contribution in [2.45, 2.75) is 59.7 Å². The molecule has 0 spiro atoms. The van der Waals surface area contributed by atoms with Crippen LogP contribution in [0.4, 0.5) is 0 Å². The lowest BCUT2D eigenvalue weighted by Crippen LogP contribution is -2.24. The molecule has 101 valence electrons. The summed E-state index contributed by atoms with van der Waals surface area (Å²) in [6.07, 6.45) is 2.04. The summed E-state index contributed by atoms with van der Waals surface area (Å²) in [6.45, 7) is 14.3. The van der Waals surface area contributed by atoms with E-state index in [9.17, 15) is 0 Å². The SMILES string of the molecule is C[CH]c1ccc(OC(C)(C)C)cc1OC(C)(C)C. The molecule has 1 rings (SSSR count). The van der Waals surface area contributed by atoms with E-state index in [0.29, 0.717) is 0 Å². The second-order valence-corrected chi connectivity index (χ2v) is 6.42. The molecule has 18 heavy (non-hydrogen) atoms. The van der Waals surface area contributed by atoms with Gasteiger partial charge in [0.15, 0.2) is 0 Å². The molecule has 0 unspecified atom stereocenters. The Balaban J connectivity index is 3.02. The van der Waals surface area contributed by atoms with Gasteiger partial charge < -0.3 is 9.47 Å².